The van der Waals surface area contributed by atoms with Gasteiger partial charge in [0, 0.05) is 0 Å². The van der Waals surface area contributed by atoms with Crippen LogP contribution in [0.3, 0.4) is 0 Å². The SMILES string of the molecule is CSC(C)(C#N)C1CCC1. The third-order valence-corrected chi connectivity index (χ3v) is 3.80. The van der Waals surface area contributed by atoms with E-state index in [0.717, 1.165) is 0 Å². The molecule has 1 aliphatic carbocycles. The molecule has 0 amide bonds. The fourth-order valence-corrected chi connectivity index (χ4v) is 1.92. The molecule has 1 saturated carbocycles. The number of hydrogen-bond acceptors (Lipinski definition) is 2. The van der Waals surface area contributed by atoms with Crippen molar-refractivity contribution in [3.8, 4) is 6.07 Å². The minimum atomic E-state index is -0.0990. The van der Waals surface area contributed by atoms with E-state index in [0.29, 0.717) is 5.92 Å². The molecule has 0 radical (unpaired) electrons. The highest BCUT2D eigenvalue weighted by Gasteiger charge is 2.37. The first-order valence-corrected chi connectivity index (χ1v) is 4.92. The van der Waals surface area contributed by atoms with E-state index in [2.05, 4.69) is 13.0 Å². The second kappa shape index (κ2) is 2.84. The van der Waals surface area contributed by atoms with Crippen molar-refractivity contribution in [2.75, 3.05) is 6.26 Å². The number of hydrogen-bond donors (Lipinski definition) is 0. The largest absolute Gasteiger partial charge is 0.197 e. The van der Waals surface area contributed by atoms with Gasteiger partial charge in [0.15, 0.2) is 0 Å². The highest BCUT2D eigenvalue weighted by Crippen LogP contribution is 2.42. The molecule has 1 unspecified atom stereocenters. The van der Waals surface area contributed by atoms with Crippen molar-refractivity contribution in [3.63, 3.8) is 0 Å². The van der Waals surface area contributed by atoms with Crippen molar-refractivity contribution >= 4 is 11.8 Å². The first kappa shape index (κ1) is 7.94. The molecule has 0 aromatic carbocycles. The van der Waals surface area contributed by atoms with Gasteiger partial charge in [-0.2, -0.15) is 5.26 Å². The van der Waals surface area contributed by atoms with Crippen LogP contribution < -0.4 is 0 Å². The van der Waals surface area contributed by atoms with E-state index in [9.17, 15) is 0 Å². The number of nitriles is 1. The topological polar surface area (TPSA) is 23.8 Å². The van der Waals surface area contributed by atoms with Crippen LogP contribution in [-0.4, -0.2) is 11.0 Å². The van der Waals surface area contributed by atoms with Crippen LogP contribution in [-0.2, 0) is 0 Å². The Morgan fingerprint density at radius 3 is 2.30 bits per heavy atom. The summed E-state index contributed by atoms with van der Waals surface area (Å²) in [5.41, 5.74) is 0. The molecule has 0 aromatic rings. The highest BCUT2D eigenvalue weighted by molar-refractivity contribution is 8.00. The molecule has 0 heterocycles. The molecule has 0 aromatic heterocycles. The molecule has 10 heavy (non-hydrogen) atoms. The van der Waals surface area contributed by atoms with E-state index >= 15 is 0 Å². The molecule has 1 rings (SSSR count). The first-order chi connectivity index (χ1) is 4.73. The predicted molar refractivity (Wildman–Crippen MR) is 44.9 cm³/mol. The van der Waals surface area contributed by atoms with E-state index in [-0.39, 0.29) is 4.75 Å². The molecule has 0 bridgehead atoms. The van der Waals surface area contributed by atoms with Gasteiger partial charge in [0.25, 0.3) is 0 Å². The lowest BCUT2D eigenvalue weighted by Crippen LogP contribution is -2.34. The van der Waals surface area contributed by atoms with Crippen molar-refractivity contribution < 1.29 is 0 Å². The van der Waals surface area contributed by atoms with Crippen molar-refractivity contribution in [2.45, 2.75) is 30.9 Å². The van der Waals surface area contributed by atoms with Gasteiger partial charge in [0.1, 0.15) is 4.75 Å². The molecule has 56 valence electrons. The number of nitrogens with zero attached hydrogens (tertiary/aromatic N) is 1. The van der Waals surface area contributed by atoms with E-state index in [1.165, 1.54) is 19.3 Å². The maximum atomic E-state index is 8.85. The Balaban J connectivity index is 2.55. The van der Waals surface area contributed by atoms with Gasteiger partial charge in [-0.1, -0.05) is 6.42 Å². The Bertz CT molecular complexity index is 157. The van der Waals surface area contributed by atoms with Crippen LogP contribution >= 0.6 is 11.8 Å². The monoisotopic (exact) mass is 155 g/mol. The van der Waals surface area contributed by atoms with Gasteiger partial charge in [0.05, 0.1) is 6.07 Å². The molecule has 0 saturated heterocycles. The Labute approximate surface area is 66.8 Å². The van der Waals surface area contributed by atoms with E-state index in [1.807, 2.05) is 6.26 Å². The molecular formula is C8H13NS. The van der Waals surface area contributed by atoms with Gasteiger partial charge in [-0.05, 0) is 31.9 Å². The predicted octanol–water partition coefficient (Wildman–Crippen LogP) is 2.43. The van der Waals surface area contributed by atoms with Crippen molar-refractivity contribution in [1.82, 2.24) is 0 Å². The molecule has 0 N–H and O–H groups in total. The fourth-order valence-electron chi connectivity index (χ4n) is 1.26. The number of thioether (sulfide) groups is 1. The zero-order chi connectivity index (χ0) is 7.61. The standard InChI is InChI=1S/C8H13NS/c1-8(6-9,10-2)7-4-3-5-7/h7H,3-5H2,1-2H3. The zero-order valence-electron chi connectivity index (χ0n) is 6.55. The Kier molecular flexibility index (Phi) is 2.25. The normalized spacial score (nSPS) is 24.5. The summed E-state index contributed by atoms with van der Waals surface area (Å²) in [6, 6.07) is 2.39. The highest BCUT2D eigenvalue weighted by atomic mass is 32.2. The summed E-state index contributed by atoms with van der Waals surface area (Å²) in [4.78, 5) is 0. The van der Waals surface area contributed by atoms with Crippen LogP contribution in [0.4, 0.5) is 0 Å². The average Bonchev–Trinajstić information content (AvgIpc) is 1.84. The second-order valence-corrected chi connectivity index (χ2v) is 4.31. The van der Waals surface area contributed by atoms with Crippen LogP contribution in [0.1, 0.15) is 26.2 Å². The third-order valence-electron chi connectivity index (χ3n) is 2.53. The van der Waals surface area contributed by atoms with Crippen LogP contribution in [0.25, 0.3) is 0 Å². The summed E-state index contributed by atoms with van der Waals surface area (Å²) in [7, 11) is 0. The van der Waals surface area contributed by atoms with Gasteiger partial charge < -0.3 is 0 Å². The first-order valence-electron chi connectivity index (χ1n) is 3.69. The quantitative estimate of drug-likeness (QED) is 0.611. The lowest BCUT2D eigenvalue weighted by atomic mass is 9.77. The summed E-state index contributed by atoms with van der Waals surface area (Å²) < 4.78 is -0.0990. The summed E-state index contributed by atoms with van der Waals surface area (Å²) in [5.74, 6) is 0.660. The minimum absolute atomic E-state index is 0.0990. The second-order valence-electron chi connectivity index (χ2n) is 3.05. The smallest absolute Gasteiger partial charge is 0.102 e. The van der Waals surface area contributed by atoms with Crippen molar-refractivity contribution in [2.24, 2.45) is 5.92 Å². The van der Waals surface area contributed by atoms with Crippen LogP contribution in [0, 0.1) is 17.2 Å². The Hall–Kier alpha value is -0.160. The molecule has 0 aliphatic heterocycles. The molecule has 1 nitrogen and oxygen atoms in total. The molecule has 1 atom stereocenters. The average molecular weight is 155 g/mol. The van der Waals surface area contributed by atoms with E-state index in [1.54, 1.807) is 11.8 Å². The molecule has 1 fully saturated rings. The number of rotatable bonds is 2. The molecule has 0 spiro atoms. The van der Waals surface area contributed by atoms with Crippen molar-refractivity contribution in [1.29, 1.82) is 5.26 Å². The van der Waals surface area contributed by atoms with Gasteiger partial charge in [-0.15, -0.1) is 11.8 Å². The van der Waals surface area contributed by atoms with Crippen LogP contribution in [0.5, 0.6) is 0 Å². The van der Waals surface area contributed by atoms with E-state index < -0.39 is 0 Å². The minimum Gasteiger partial charge on any atom is -0.197 e. The van der Waals surface area contributed by atoms with Gasteiger partial charge in [-0.25, -0.2) is 0 Å². The lowest BCUT2D eigenvalue weighted by molar-refractivity contribution is 0.281. The van der Waals surface area contributed by atoms with Gasteiger partial charge in [0.2, 0.25) is 0 Å². The zero-order valence-corrected chi connectivity index (χ0v) is 7.37. The lowest BCUT2D eigenvalue weighted by Gasteiger charge is -2.36. The Morgan fingerprint density at radius 1 is 1.60 bits per heavy atom. The third kappa shape index (κ3) is 1.15. The van der Waals surface area contributed by atoms with Crippen molar-refractivity contribution in [3.05, 3.63) is 0 Å². The maximum Gasteiger partial charge on any atom is 0.102 e. The van der Waals surface area contributed by atoms with E-state index in [4.69, 9.17) is 5.26 Å². The van der Waals surface area contributed by atoms with Gasteiger partial charge >= 0.3 is 0 Å². The molecular weight excluding hydrogens is 142 g/mol. The van der Waals surface area contributed by atoms with Crippen LogP contribution in [0.2, 0.25) is 0 Å². The Morgan fingerprint density at radius 2 is 2.20 bits per heavy atom. The summed E-state index contributed by atoms with van der Waals surface area (Å²) >= 11 is 1.70. The fraction of sp³-hybridized carbons (Fsp3) is 0.875. The molecule has 2 heteroatoms. The summed E-state index contributed by atoms with van der Waals surface area (Å²) in [6.07, 6.45) is 5.86. The van der Waals surface area contributed by atoms with Gasteiger partial charge in [-0.3, -0.25) is 0 Å². The summed E-state index contributed by atoms with van der Waals surface area (Å²) in [5, 5.41) is 8.85. The van der Waals surface area contributed by atoms with Crippen LogP contribution in [0.15, 0.2) is 0 Å². The maximum absolute atomic E-state index is 8.85. The summed E-state index contributed by atoms with van der Waals surface area (Å²) in [6.45, 7) is 2.06. The molecule has 1 aliphatic rings.